The van der Waals surface area contributed by atoms with Crippen LogP contribution in [0.1, 0.15) is 50.0 Å². The van der Waals surface area contributed by atoms with E-state index in [0.29, 0.717) is 22.6 Å². The number of methoxy groups -OCH3 is 1. The normalized spacial score (nSPS) is 11.9. The first-order chi connectivity index (χ1) is 14.1. The van der Waals surface area contributed by atoms with Gasteiger partial charge in [-0.15, -0.1) is 0 Å². The second-order valence-electron chi connectivity index (χ2n) is 7.82. The van der Waals surface area contributed by atoms with Crippen LogP contribution in [0, 0.1) is 0 Å². The van der Waals surface area contributed by atoms with Gasteiger partial charge in [-0.3, -0.25) is 14.6 Å². The number of aromatic nitrogens is 1. The zero-order valence-corrected chi connectivity index (χ0v) is 17.8. The fourth-order valence-corrected chi connectivity index (χ4v) is 2.63. The van der Waals surface area contributed by atoms with Crippen LogP contribution in [-0.4, -0.2) is 41.5 Å². The van der Waals surface area contributed by atoms with Crippen LogP contribution in [0.25, 0.3) is 0 Å². The first-order valence-corrected chi connectivity index (χ1v) is 9.50. The number of alkyl carbamates (subject to hydrolysis) is 1. The van der Waals surface area contributed by atoms with E-state index in [2.05, 4.69) is 15.6 Å². The van der Waals surface area contributed by atoms with Crippen LogP contribution in [0.4, 0.5) is 10.5 Å². The third-order valence-corrected chi connectivity index (χ3v) is 3.87. The summed E-state index contributed by atoms with van der Waals surface area (Å²) in [7, 11) is 1.48. The number of hydrogen-bond donors (Lipinski definition) is 2. The number of carbonyl (C=O) groups is 3. The Kier molecular flexibility index (Phi) is 7.52. The third kappa shape index (κ3) is 7.20. The Morgan fingerprint density at radius 3 is 2.47 bits per heavy atom. The molecule has 1 unspecified atom stereocenters. The second kappa shape index (κ2) is 9.87. The molecule has 1 aromatic carbocycles. The summed E-state index contributed by atoms with van der Waals surface area (Å²) in [6, 6.07) is 7.68. The number of carbonyl (C=O) groups excluding carboxylic acids is 3. The molecule has 0 saturated heterocycles. The molecule has 160 valence electrons. The zero-order valence-electron chi connectivity index (χ0n) is 17.8. The summed E-state index contributed by atoms with van der Waals surface area (Å²) in [5.41, 5.74) is 0.580. The molecule has 0 aliphatic heterocycles. The molecule has 8 heteroatoms. The lowest BCUT2D eigenvalue weighted by Gasteiger charge is -2.21. The van der Waals surface area contributed by atoms with Crippen molar-refractivity contribution >= 4 is 23.5 Å². The van der Waals surface area contributed by atoms with Crippen LogP contribution in [0.3, 0.4) is 0 Å². The van der Waals surface area contributed by atoms with Crippen LogP contribution in [0.15, 0.2) is 42.7 Å². The lowest BCUT2D eigenvalue weighted by Crippen LogP contribution is -2.39. The molecule has 0 spiro atoms. The van der Waals surface area contributed by atoms with Gasteiger partial charge in [0.2, 0.25) is 5.91 Å². The van der Waals surface area contributed by atoms with E-state index in [1.165, 1.54) is 13.3 Å². The van der Waals surface area contributed by atoms with Crippen LogP contribution in [-0.2, 0) is 9.53 Å². The van der Waals surface area contributed by atoms with Gasteiger partial charge in [0.25, 0.3) is 0 Å². The highest BCUT2D eigenvalue weighted by Gasteiger charge is 2.19. The zero-order chi connectivity index (χ0) is 22.3. The molecular formula is C22H27N3O5. The average molecular weight is 413 g/mol. The summed E-state index contributed by atoms with van der Waals surface area (Å²) < 4.78 is 10.4. The van der Waals surface area contributed by atoms with Crippen LogP contribution < -0.4 is 15.4 Å². The molecule has 2 amide bonds. The first kappa shape index (κ1) is 22.9. The van der Waals surface area contributed by atoms with Gasteiger partial charge in [-0.25, -0.2) is 4.79 Å². The summed E-state index contributed by atoms with van der Waals surface area (Å²) in [4.78, 5) is 40.9. The molecule has 0 aliphatic rings. The van der Waals surface area contributed by atoms with Gasteiger partial charge in [0, 0.05) is 47.7 Å². The maximum absolute atomic E-state index is 12.7. The van der Waals surface area contributed by atoms with Gasteiger partial charge in [0.1, 0.15) is 11.4 Å². The van der Waals surface area contributed by atoms with Crippen LogP contribution in [0.2, 0.25) is 0 Å². The molecule has 0 fully saturated rings. The fraction of sp³-hybridized carbons (Fsp3) is 0.364. The van der Waals surface area contributed by atoms with Crippen molar-refractivity contribution in [1.82, 2.24) is 10.3 Å². The van der Waals surface area contributed by atoms with Crippen molar-refractivity contribution in [3.63, 3.8) is 0 Å². The van der Waals surface area contributed by atoms with Crippen molar-refractivity contribution in [3.8, 4) is 5.75 Å². The van der Waals surface area contributed by atoms with Crippen molar-refractivity contribution in [2.45, 2.75) is 45.8 Å². The Morgan fingerprint density at radius 1 is 1.13 bits per heavy atom. The summed E-state index contributed by atoms with van der Waals surface area (Å²) in [5, 5.41) is 5.36. The minimum atomic E-state index is -0.621. The number of rotatable bonds is 7. The number of pyridine rings is 1. The van der Waals surface area contributed by atoms with Crippen LogP contribution in [0.5, 0.6) is 5.75 Å². The highest BCUT2D eigenvalue weighted by atomic mass is 16.6. The predicted molar refractivity (Wildman–Crippen MR) is 113 cm³/mol. The molecule has 8 nitrogen and oxygen atoms in total. The van der Waals surface area contributed by atoms with Crippen LogP contribution >= 0.6 is 0 Å². The van der Waals surface area contributed by atoms with E-state index in [1.54, 1.807) is 64.2 Å². The molecule has 1 heterocycles. The Balaban J connectivity index is 2.06. The summed E-state index contributed by atoms with van der Waals surface area (Å²) in [6.07, 6.45) is 2.50. The van der Waals surface area contributed by atoms with E-state index in [4.69, 9.17) is 9.47 Å². The first-order valence-electron chi connectivity index (χ1n) is 9.50. The number of ether oxygens (including phenoxy) is 2. The number of nitrogens with zero attached hydrogens (tertiary/aromatic N) is 1. The Morgan fingerprint density at radius 2 is 1.87 bits per heavy atom. The van der Waals surface area contributed by atoms with Crippen molar-refractivity contribution in [2.24, 2.45) is 0 Å². The molecule has 2 rings (SSSR count). The predicted octanol–water partition coefficient (Wildman–Crippen LogP) is 3.56. The van der Waals surface area contributed by atoms with Gasteiger partial charge in [-0.2, -0.15) is 0 Å². The number of hydrogen-bond acceptors (Lipinski definition) is 6. The third-order valence-electron chi connectivity index (χ3n) is 3.87. The number of nitrogens with one attached hydrogen (secondary N) is 2. The highest BCUT2D eigenvalue weighted by molar-refractivity contribution is 6.09. The van der Waals surface area contributed by atoms with Gasteiger partial charge in [0.05, 0.1) is 7.11 Å². The maximum Gasteiger partial charge on any atom is 0.407 e. The second-order valence-corrected chi connectivity index (χ2v) is 7.82. The lowest BCUT2D eigenvalue weighted by atomic mass is 10.0. The van der Waals surface area contributed by atoms with E-state index in [-0.39, 0.29) is 18.1 Å². The van der Waals surface area contributed by atoms with E-state index in [0.717, 1.165) is 0 Å². The number of amides is 2. The van der Waals surface area contributed by atoms with Gasteiger partial charge < -0.3 is 20.1 Å². The average Bonchev–Trinajstić information content (AvgIpc) is 2.65. The standard InChI is InChI=1S/C22H27N3O5/c1-14(24-21(28)30-22(2,3)4)9-19(26)25-17-10-16(11-18(12-17)29-5)20(27)15-7-6-8-23-13-15/h6-8,10-14H,9H2,1-5H3,(H,24,28)(H,25,26). The molecule has 2 N–H and O–H groups in total. The Bertz CT molecular complexity index is 907. The molecule has 0 saturated carbocycles. The molecule has 30 heavy (non-hydrogen) atoms. The smallest absolute Gasteiger partial charge is 0.407 e. The summed E-state index contributed by atoms with van der Waals surface area (Å²) in [6.45, 7) is 6.98. The molecular weight excluding hydrogens is 386 g/mol. The van der Waals surface area contributed by atoms with Gasteiger partial charge in [0.15, 0.2) is 5.78 Å². The van der Waals surface area contributed by atoms with Crippen molar-refractivity contribution in [1.29, 1.82) is 0 Å². The summed E-state index contributed by atoms with van der Waals surface area (Å²) in [5.74, 6) is -0.135. The largest absolute Gasteiger partial charge is 0.497 e. The topological polar surface area (TPSA) is 107 Å². The Labute approximate surface area is 176 Å². The molecule has 0 bridgehead atoms. The van der Waals surface area contributed by atoms with Crippen molar-refractivity contribution < 1.29 is 23.9 Å². The molecule has 1 atom stereocenters. The van der Waals surface area contributed by atoms with Gasteiger partial charge >= 0.3 is 6.09 Å². The van der Waals surface area contributed by atoms with Crippen molar-refractivity contribution in [2.75, 3.05) is 12.4 Å². The molecule has 0 radical (unpaired) electrons. The van der Waals surface area contributed by atoms with E-state index >= 15 is 0 Å². The number of ketones is 1. The van der Waals surface area contributed by atoms with Gasteiger partial charge in [-0.05, 0) is 52.0 Å². The SMILES string of the molecule is COc1cc(NC(=O)CC(C)NC(=O)OC(C)(C)C)cc(C(=O)c2cccnc2)c1. The van der Waals surface area contributed by atoms with E-state index in [1.807, 2.05) is 0 Å². The fourth-order valence-electron chi connectivity index (χ4n) is 2.63. The number of benzene rings is 1. The molecule has 1 aromatic heterocycles. The molecule has 0 aliphatic carbocycles. The Hall–Kier alpha value is -3.42. The number of anilines is 1. The van der Waals surface area contributed by atoms with Gasteiger partial charge in [-0.1, -0.05) is 0 Å². The van der Waals surface area contributed by atoms with Crippen molar-refractivity contribution in [3.05, 3.63) is 53.9 Å². The monoisotopic (exact) mass is 413 g/mol. The molecule has 2 aromatic rings. The quantitative estimate of drug-likeness (QED) is 0.672. The van der Waals surface area contributed by atoms with E-state index in [9.17, 15) is 14.4 Å². The van der Waals surface area contributed by atoms with E-state index < -0.39 is 17.7 Å². The summed E-state index contributed by atoms with van der Waals surface area (Å²) >= 11 is 0. The highest BCUT2D eigenvalue weighted by Crippen LogP contribution is 2.23. The minimum absolute atomic E-state index is 0.0301. The maximum atomic E-state index is 12.7. The lowest BCUT2D eigenvalue weighted by molar-refractivity contribution is -0.116. The minimum Gasteiger partial charge on any atom is -0.497 e.